The lowest BCUT2D eigenvalue weighted by Gasteiger charge is -2.42. The molecule has 216 valence electrons. The molecule has 2 aliphatic rings. The summed E-state index contributed by atoms with van der Waals surface area (Å²) in [4.78, 5) is 0. The first-order valence-corrected chi connectivity index (χ1v) is 15.5. The minimum Gasteiger partial charge on any atom is -0.404 e. The number of fused-ring (bicyclic) bond motifs is 2. The summed E-state index contributed by atoms with van der Waals surface area (Å²) in [5, 5.41) is 0. The smallest absolute Gasteiger partial charge is 0.00463 e. The van der Waals surface area contributed by atoms with Crippen molar-refractivity contribution in [1.29, 1.82) is 0 Å². The lowest BCUT2D eigenvalue weighted by molar-refractivity contribution is 0.331. The van der Waals surface area contributed by atoms with Gasteiger partial charge in [-0.2, -0.15) is 0 Å². The zero-order chi connectivity index (χ0) is 30.1. The fraction of sp³-hybridized carbons (Fsp3) is 0.450. The maximum atomic E-state index is 6.34. The van der Waals surface area contributed by atoms with Gasteiger partial charge in [0.05, 0.1) is 0 Å². The van der Waals surface area contributed by atoms with Gasteiger partial charge >= 0.3 is 0 Å². The molecule has 0 spiro atoms. The van der Waals surface area contributed by atoms with Crippen LogP contribution in [0, 0.1) is 13.8 Å². The molecule has 0 radical (unpaired) electrons. The molecule has 3 aromatic rings. The predicted octanol–water partition coefficient (Wildman–Crippen LogP) is 10.4. The van der Waals surface area contributed by atoms with Crippen LogP contribution in [0.5, 0.6) is 0 Å². The summed E-state index contributed by atoms with van der Waals surface area (Å²) in [5.41, 5.74) is 22.6. The first-order chi connectivity index (χ1) is 19.0. The molecule has 0 unspecified atom stereocenters. The Morgan fingerprint density at radius 3 is 1.34 bits per heavy atom. The van der Waals surface area contributed by atoms with Crippen molar-refractivity contribution in [3.8, 4) is 0 Å². The van der Waals surface area contributed by atoms with E-state index in [1.807, 2.05) is 0 Å². The van der Waals surface area contributed by atoms with Gasteiger partial charge in [0.15, 0.2) is 0 Å². The Labute approximate surface area is 250 Å². The molecule has 2 N–H and O–H groups in total. The number of aryl methyl sites for hydroxylation is 2. The highest BCUT2D eigenvalue weighted by molar-refractivity contribution is 5.85. The topological polar surface area (TPSA) is 26.0 Å². The third kappa shape index (κ3) is 5.00. The number of nitrogens with two attached hydrogens (primary N) is 1. The molecule has 1 nitrogen and oxygen atoms in total. The van der Waals surface area contributed by atoms with Crippen molar-refractivity contribution in [2.75, 3.05) is 0 Å². The molecule has 0 saturated carbocycles. The zero-order valence-corrected chi connectivity index (χ0v) is 27.3. The predicted molar refractivity (Wildman–Crippen MR) is 179 cm³/mol. The lowest BCUT2D eigenvalue weighted by atomic mass is 9.62. The molecular weight excluding hydrogens is 494 g/mol. The van der Waals surface area contributed by atoms with Gasteiger partial charge in [-0.05, 0) is 128 Å². The van der Waals surface area contributed by atoms with E-state index in [0.29, 0.717) is 0 Å². The van der Waals surface area contributed by atoms with E-state index in [2.05, 4.69) is 124 Å². The molecule has 0 fully saturated rings. The highest BCUT2D eigenvalue weighted by Gasteiger charge is 2.39. The zero-order valence-electron chi connectivity index (χ0n) is 27.3. The average molecular weight is 546 g/mol. The second-order valence-electron chi connectivity index (χ2n) is 15.6. The standard InChI is InChI=1S/C40H51N/c1-25-20-33-35(39(8,9)18-16-37(33,4)5)22-30(25)27(3)28-12-14-29(15-13-28)32(24-41)31-23-36-34(21-26(31)2)38(6,7)17-19-40(36,10)11/h12-15,20-24H,3,16-19,41H2,1-2,4-11H3/b32-24-. The van der Waals surface area contributed by atoms with Gasteiger partial charge in [0.25, 0.3) is 0 Å². The molecule has 1 heteroatoms. The molecule has 3 aromatic carbocycles. The van der Waals surface area contributed by atoms with Crippen LogP contribution in [0.4, 0.5) is 0 Å². The minimum atomic E-state index is 0.158. The van der Waals surface area contributed by atoms with Gasteiger partial charge in [0.2, 0.25) is 0 Å². The van der Waals surface area contributed by atoms with E-state index < -0.39 is 0 Å². The molecule has 5 rings (SSSR count). The molecular formula is C40H51N. The van der Waals surface area contributed by atoms with Crippen molar-refractivity contribution in [3.05, 3.63) is 117 Å². The Hall–Kier alpha value is -3.06. The van der Waals surface area contributed by atoms with Crippen LogP contribution >= 0.6 is 0 Å². The third-order valence-electron chi connectivity index (χ3n) is 10.7. The molecule has 0 aliphatic heterocycles. The van der Waals surface area contributed by atoms with Crippen LogP contribution in [0.2, 0.25) is 0 Å². The molecule has 0 saturated heterocycles. The quantitative estimate of drug-likeness (QED) is 0.347. The molecule has 0 atom stereocenters. The van der Waals surface area contributed by atoms with E-state index in [-0.39, 0.29) is 21.7 Å². The van der Waals surface area contributed by atoms with Crippen molar-refractivity contribution >= 4 is 11.1 Å². The van der Waals surface area contributed by atoms with Gasteiger partial charge in [-0.3, -0.25) is 0 Å². The highest BCUT2D eigenvalue weighted by atomic mass is 14.5. The summed E-state index contributed by atoms with van der Waals surface area (Å²) in [6.45, 7) is 28.2. The average Bonchev–Trinajstić information content (AvgIpc) is 2.90. The fourth-order valence-electron chi connectivity index (χ4n) is 7.41. The number of rotatable bonds is 4. The van der Waals surface area contributed by atoms with E-state index >= 15 is 0 Å². The van der Waals surface area contributed by atoms with E-state index in [0.717, 1.165) is 22.3 Å². The molecule has 0 aromatic heterocycles. The second-order valence-corrected chi connectivity index (χ2v) is 15.6. The first-order valence-electron chi connectivity index (χ1n) is 15.5. The molecule has 41 heavy (non-hydrogen) atoms. The Morgan fingerprint density at radius 2 is 0.927 bits per heavy atom. The Balaban J connectivity index is 1.51. The van der Waals surface area contributed by atoms with Crippen LogP contribution in [0.25, 0.3) is 11.1 Å². The van der Waals surface area contributed by atoms with Crippen LogP contribution in [0.3, 0.4) is 0 Å². The molecule has 0 heterocycles. The Morgan fingerprint density at radius 1 is 0.585 bits per heavy atom. The van der Waals surface area contributed by atoms with Gasteiger partial charge in [-0.15, -0.1) is 0 Å². The summed E-state index contributed by atoms with van der Waals surface area (Å²) in [6.07, 6.45) is 6.64. The van der Waals surface area contributed by atoms with Crippen LogP contribution in [0.1, 0.15) is 137 Å². The lowest BCUT2D eigenvalue weighted by Crippen LogP contribution is -2.34. The van der Waals surface area contributed by atoms with Crippen molar-refractivity contribution < 1.29 is 0 Å². The van der Waals surface area contributed by atoms with Gasteiger partial charge < -0.3 is 5.73 Å². The van der Waals surface area contributed by atoms with Crippen LogP contribution in [0.15, 0.2) is 61.3 Å². The molecule has 0 amide bonds. The number of hydrogen-bond donors (Lipinski definition) is 1. The van der Waals surface area contributed by atoms with E-state index in [1.54, 1.807) is 6.20 Å². The van der Waals surface area contributed by atoms with E-state index in [1.165, 1.54) is 70.2 Å². The second kappa shape index (κ2) is 9.75. The van der Waals surface area contributed by atoms with Crippen molar-refractivity contribution in [1.82, 2.24) is 0 Å². The Bertz CT molecular complexity index is 1550. The minimum absolute atomic E-state index is 0.158. The van der Waals surface area contributed by atoms with Crippen LogP contribution in [-0.4, -0.2) is 0 Å². The molecule has 2 aliphatic carbocycles. The van der Waals surface area contributed by atoms with Gasteiger partial charge in [-0.25, -0.2) is 0 Å². The molecule has 0 bridgehead atoms. The van der Waals surface area contributed by atoms with Crippen molar-refractivity contribution in [2.24, 2.45) is 5.73 Å². The fourth-order valence-corrected chi connectivity index (χ4v) is 7.41. The summed E-state index contributed by atoms with van der Waals surface area (Å²) < 4.78 is 0. The van der Waals surface area contributed by atoms with Crippen LogP contribution in [-0.2, 0) is 21.7 Å². The summed E-state index contributed by atoms with van der Waals surface area (Å²) in [5.74, 6) is 0. The van der Waals surface area contributed by atoms with Crippen molar-refractivity contribution in [2.45, 2.75) is 117 Å². The van der Waals surface area contributed by atoms with Gasteiger partial charge in [0, 0.05) is 11.8 Å². The summed E-state index contributed by atoms with van der Waals surface area (Å²) >= 11 is 0. The Kier molecular flexibility index (Phi) is 7.00. The first kappa shape index (κ1) is 29.4. The highest BCUT2D eigenvalue weighted by Crippen LogP contribution is 2.49. The van der Waals surface area contributed by atoms with Gasteiger partial charge in [0.1, 0.15) is 0 Å². The van der Waals surface area contributed by atoms with E-state index in [4.69, 9.17) is 5.73 Å². The SMILES string of the molecule is C=C(c1ccc(/C(=C/N)c2cc3c(cc2C)C(C)(C)CCC3(C)C)cc1)c1cc2c(cc1C)C(C)(C)CCC2(C)C. The van der Waals surface area contributed by atoms with Crippen molar-refractivity contribution in [3.63, 3.8) is 0 Å². The maximum absolute atomic E-state index is 6.34. The summed E-state index contributed by atoms with van der Waals surface area (Å²) in [6, 6.07) is 18.6. The summed E-state index contributed by atoms with van der Waals surface area (Å²) in [7, 11) is 0. The number of hydrogen-bond acceptors (Lipinski definition) is 1. The largest absolute Gasteiger partial charge is 0.404 e. The van der Waals surface area contributed by atoms with Crippen LogP contribution < -0.4 is 5.73 Å². The normalized spacial score (nSPS) is 20.2. The number of benzene rings is 3. The third-order valence-corrected chi connectivity index (χ3v) is 10.7. The van der Waals surface area contributed by atoms with Gasteiger partial charge in [-0.1, -0.05) is 104 Å². The van der Waals surface area contributed by atoms with E-state index in [9.17, 15) is 0 Å². The monoisotopic (exact) mass is 545 g/mol. The maximum Gasteiger partial charge on any atom is 0.00463 e.